The SMILES string of the molecule is N.N#Cc1ccc2c3cc-3nc2c1. The molecule has 0 saturated carbocycles. The highest BCUT2D eigenvalue weighted by molar-refractivity contribution is 6.04. The van der Waals surface area contributed by atoms with Crippen molar-refractivity contribution < 1.29 is 0 Å². The van der Waals surface area contributed by atoms with Crippen LogP contribution in [0.2, 0.25) is 0 Å². The summed E-state index contributed by atoms with van der Waals surface area (Å²) in [4.78, 5) is 4.31. The second-order valence-electron chi connectivity index (χ2n) is 2.90. The van der Waals surface area contributed by atoms with Crippen LogP contribution in [-0.2, 0) is 0 Å². The van der Waals surface area contributed by atoms with E-state index >= 15 is 0 Å². The lowest BCUT2D eigenvalue weighted by molar-refractivity contribution is 1.48. The zero-order valence-electron chi connectivity index (χ0n) is 6.91. The Morgan fingerprint density at radius 3 is 2.85 bits per heavy atom. The maximum Gasteiger partial charge on any atom is 0.0992 e. The highest BCUT2D eigenvalue weighted by Gasteiger charge is 2.19. The second-order valence-corrected chi connectivity index (χ2v) is 2.90. The van der Waals surface area contributed by atoms with E-state index in [4.69, 9.17) is 5.26 Å². The molecule has 3 N–H and O–H groups in total. The van der Waals surface area contributed by atoms with Gasteiger partial charge in [-0.15, -0.1) is 0 Å². The van der Waals surface area contributed by atoms with Crippen LogP contribution >= 0.6 is 0 Å². The molecule has 1 aliphatic carbocycles. The first-order chi connectivity index (χ1) is 5.88. The van der Waals surface area contributed by atoms with Crippen molar-refractivity contribution in [2.45, 2.75) is 0 Å². The number of hydrogen-bond acceptors (Lipinski definition) is 3. The van der Waals surface area contributed by atoms with Crippen molar-refractivity contribution in [1.29, 1.82) is 5.26 Å². The van der Waals surface area contributed by atoms with Gasteiger partial charge >= 0.3 is 0 Å². The number of nitrogens with zero attached hydrogens (tertiary/aromatic N) is 2. The van der Waals surface area contributed by atoms with E-state index in [9.17, 15) is 0 Å². The van der Waals surface area contributed by atoms with Crippen LogP contribution in [0.3, 0.4) is 0 Å². The van der Waals surface area contributed by atoms with Crippen molar-refractivity contribution in [2.24, 2.45) is 0 Å². The molecule has 1 aromatic carbocycles. The number of rotatable bonds is 0. The monoisotopic (exact) mass is 169 g/mol. The number of hydrogen-bond donors (Lipinski definition) is 1. The van der Waals surface area contributed by atoms with Crippen molar-refractivity contribution in [3.8, 4) is 17.3 Å². The molecule has 62 valence electrons. The minimum Gasteiger partial charge on any atom is -0.344 e. The van der Waals surface area contributed by atoms with Gasteiger partial charge in [-0.3, -0.25) is 0 Å². The maximum atomic E-state index is 8.63. The van der Waals surface area contributed by atoms with Gasteiger partial charge in [0, 0.05) is 10.9 Å². The fourth-order valence-corrected chi connectivity index (χ4v) is 1.46. The molecular weight excluding hydrogens is 162 g/mol. The van der Waals surface area contributed by atoms with Gasteiger partial charge in [-0.2, -0.15) is 5.26 Å². The maximum absolute atomic E-state index is 8.63. The quantitative estimate of drug-likeness (QED) is 0.561. The van der Waals surface area contributed by atoms with Gasteiger partial charge < -0.3 is 6.15 Å². The molecular formula is C10H7N3. The summed E-state index contributed by atoms with van der Waals surface area (Å²) in [7, 11) is 0. The average molecular weight is 169 g/mol. The van der Waals surface area contributed by atoms with Gasteiger partial charge in [0.05, 0.1) is 22.8 Å². The molecule has 1 aliphatic heterocycles. The van der Waals surface area contributed by atoms with E-state index < -0.39 is 0 Å². The van der Waals surface area contributed by atoms with E-state index in [1.54, 1.807) is 0 Å². The van der Waals surface area contributed by atoms with E-state index in [0.29, 0.717) is 5.56 Å². The zero-order valence-corrected chi connectivity index (χ0v) is 6.91. The molecule has 2 aliphatic rings. The fourth-order valence-electron chi connectivity index (χ4n) is 1.46. The van der Waals surface area contributed by atoms with Gasteiger partial charge in [-0.05, 0) is 18.2 Å². The molecule has 0 saturated heterocycles. The second kappa shape index (κ2) is 2.28. The molecule has 0 spiro atoms. The van der Waals surface area contributed by atoms with Gasteiger partial charge in [0.15, 0.2) is 0 Å². The summed E-state index contributed by atoms with van der Waals surface area (Å²) in [5, 5.41) is 9.80. The van der Waals surface area contributed by atoms with E-state index in [0.717, 1.165) is 11.2 Å². The molecule has 0 fully saturated rings. The summed E-state index contributed by atoms with van der Waals surface area (Å²) < 4.78 is 0. The van der Waals surface area contributed by atoms with Crippen LogP contribution in [0.5, 0.6) is 0 Å². The van der Waals surface area contributed by atoms with Crippen molar-refractivity contribution >= 4 is 10.9 Å². The lowest BCUT2D eigenvalue weighted by Gasteiger charge is -1.88. The van der Waals surface area contributed by atoms with E-state index in [2.05, 4.69) is 11.1 Å². The largest absolute Gasteiger partial charge is 0.344 e. The standard InChI is InChI=1S/C10H4N2.H3N/c11-5-6-1-2-7-8-4-10(8)12-9(7)3-6;/h1-4H;1H3. The van der Waals surface area contributed by atoms with E-state index in [1.807, 2.05) is 24.3 Å². The molecule has 0 unspecified atom stereocenters. The first-order valence-electron chi connectivity index (χ1n) is 3.74. The zero-order chi connectivity index (χ0) is 8.13. The smallest absolute Gasteiger partial charge is 0.0992 e. The molecule has 0 radical (unpaired) electrons. The summed E-state index contributed by atoms with van der Waals surface area (Å²) >= 11 is 0. The Hall–Kier alpha value is -1.92. The van der Waals surface area contributed by atoms with E-state index in [1.165, 1.54) is 10.9 Å². The Labute approximate surface area is 75.2 Å². The Bertz CT molecular complexity index is 538. The molecule has 1 heterocycles. The van der Waals surface area contributed by atoms with Crippen molar-refractivity contribution in [3.05, 3.63) is 29.8 Å². The minimum absolute atomic E-state index is 0. The summed E-state index contributed by atoms with van der Waals surface area (Å²) in [5.41, 5.74) is 3.95. The minimum atomic E-state index is 0. The number of nitriles is 1. The predicted octanol–water partition coefficient (Wildman–Crippen LogP) is 2.25. The number of aromatic nitrogens is 1. The van der Waals surface area contributed by atoms with Crippen LogP contribution < -0.4 is 6.15 Å². The Morgan fingerprint density at radius 1 is 1.23 bits per heavy atom. The van der Waals surface area contributed by atoms with Crippen LogP contribution in [0.25, 0.3) is 22.2 Å². The predicted molar refractivity (Wildman–Crippen MR) is 50.5 cm³/mol. The average Bonchev–Trinajstić information content (AvgIpc) is 2.78. The van der Waals surface area contributed by atoms with Gasteiger partial charge in [0.1, 0.15) is 0 Å². The molecule has 3 rings (SSSR count). The fraction of sp³-hybridized carbons (Fsp3) is 0. The number of fused-ring (bicyclic) bond motifs is 3. The topological polar surface area (TPSA) is 71.7 Å². The van der Waals surface area contributed by atoms with Crippen molar-refractivity contribution in [1.82, 2.24) is 11.1 Å². The third kappa shape index (κ3) is 0.897. The first-order valence-corrected chi connectivity index (χ1v) is 3.74. The summed E-state index contributed by atoms with van der Waals surface area (Å²) in [6.07, 6.45) is 0. The Morgan fingerprint density at radius 2 is 2.08 bits per heavy atom. The number of pyridine rings is 1. The molecule has 0 bridgehead atoms. The van der Waals surface area contributed by atoms with Gasteiger partial charge in [-0.25, -0.2) is 4.98 Å². The number of benzene rings is 1. The molecule has 3 heteroatoms. The molecule has 0 aromatic heterocycles. The molecule has 13 heavy (non-hydrogen) atoms. The normalized spacial score (nSPS) is 10.4. The Balaban J connectivity index is 0.000000653. The van der Waals surface area contributed by atoms with Crippen LogP contribution in [0.4, 0.5) is 0 Å². The van der Waals surface area contributed by atoms with E-state index in [-0.39, 0.29) is 6.15 Å². The molecule has 1 aromatic rings. The van der Waals surface area contributed by atoms with Crippen molar-refractivity contribution in [3.63, 3.8) is 0 Å². The van der Waals surface area contributed by atoms with Gasteiger partial charge in [0.25, 0.3) is 0 Å². The van der Waals surface area contributed by atoms with Crippen LogP contribution in [0, 0.1) is 11.3 Å². The lowest BCUT2D eigenvalue weighted by atomic mass is 10.2. The van der Waals surface area contributed by atoms with Gasteiger partial charge in [-0.1, -0.05) is 6.07 Å². The van der Waals surface area contributed by atoms with Gasteiger partial charge in [0.2, 0.25) is 0 Å². The van der Waals surface area contributed by atoms with Crippen LogP contribution in [-0.4, -0.2) is 4.98 Å². The summed E-state index contributed by atoms with van der Waals surface area (Å²) in [5.74, 6) is 0. The Kier molecular flexibility index (Phi) is 1.35. The molecule has 0 atom stereocenters. The van der Waals surface area contributed by atoms with Crippen LogP contribution in [0.15, 0.2) is 24.3 Å². The van der Waals surface area contributed by atoms with Crippen molar-refractivity contribution in [2.75, 3.05) is 0 Å². The summed E-state index contributed by atoms with van der Waals surface area (Å²) in [6, 6.07) is 9.77. The third-order valence-electron chi connectivity index (χ3n) is 2.13. The summed E-state index contributed by atoms with van der Waals surface area (Å²) in [6.45, 7) is 0. The highest BCUT2D eigenvalue weighted by Crippen LogP contribution is 2.39. The highest BCUT2D eigenvalue weighted by atomic mass is 14.7. The molecule has 0 amide bonds. The third-order valence-corrected chi connectivity index (χ3v) is 2.13. The lowest BCUT2D eigenvalue weighted by Crippen LogP contribution is -1.73. The first kappa shape index (κ1) is 7.71. The molecule has 3 nitrogen and oxygen atoms in total. The van der Waals surface area contributed by atoms with Crippen LogP contribution in [0.1, 0.15) is 5.56 Å².